The van der Waals surface area contributed by atoms with Crippen LogP contribution in [0.3, 0.4) is 0 Å². The highest BCUT2D eigenvalue weighted by molar-refractivity contribution is 5.46. The summed E-state index contributed by atoms with van der Waals surface area (Å²) in [5.41, 5.74) is 1.24. The quantitative estimate of drug-likeness (QED) is 0.908. The van der Waals surface area contributed by atoms with Gasteiger partial charge in [-0.1, -0.05) is 51.1 Å². The summed E-state index contributed by atoms with van der Waals surface area (Å²) >= 11 is 0. The second kappa shape index (κ2) is 6.01. The second-order valence-electron chi connectivity index (χ2n) is 7.16. The highest BCUT2D eigenvalue weighted by Gasteiger charge is 2.54. The minimum Gasteiger partial charge on any atom is -0.380 e. The zero-order chi connectivity index (χ0) is 17.4. The Morgan fingerprint density at radius 2 is 1.92 bits per heavy atom. The first-order valence-electron chi connectivity index (χ1n) is 8.31. The molecule has 2 aromatic rings. The molecule has 1 aliphatic rings. The number of hydrogen-bond donors (Lipinski definition) is 2. The normalized spacial score (nSPS) is 18.5. The molecule has 0 saturated carbocycles. The van der Waals surface area contributed by atoms with Crippen molar-refractivity contribution in [2.24, 2.45) is 5.41 Å². The van der Waals surface area contributed by atoms with Gasteiger partial charge >= 0.3 is 0 Å². The number of rotatable bonds is 4. The molecule has 124 valence electrons. The van der Waals surface area contributed by atoms with Crippen LogP contribution in [0.1, 0.15) is 49.1 Å². The molecule has 4 nitrogen and oxygen atoms in total. The summed E-state index contributed by atoms with van der Waals surface area (Å²) in [5, 5.41) is 24.6. The van der Waals surface area contributed by atoms with Gasteiger partial charge in [-0.3, -0.25) is 0 Å². The number of aromatic nitrogens is 1. The molecule has 2 N–H and O–H groups in total. The predicted octanol–water partition coefficient (Wildman–Crippen LogP) is 2.92. The molecule has 0 radical (unpaired) electrons. The van der Waals surface area contributed by atoms with E-state index >= 15 is 0 Å². The van der Waals surface area contributed by atoms with E-state index in [4.69, 9.17) is 0 Å². The zero-order valence-electron chi connectivity index (χ0n) is 14.4. The summed E-state index contributed by atoms with van der Waals surface area (Å²) in [6.45, 7) is 7.72. The molecular formula is C20H23N3O. The lowest BCUT2D eigenvalue weighted by Gasteiger charge is -2.52. The Morgan fingerprint density at radius 3 is 2.42 bits per heavy atom. The number of aliphatic hydroxyl groups is 1. The summed E-state index contributed by atoms with van der Waals surface area (Å²) in [5.74, 6) is 0.432. The summed E-state index contributed by atoms with van der Waals surface area (Å²) in [6.07, 6.45) is 1.59. The van der Waals surface area contributed by atoms with Crippen molar-refractivity contribution < 1.29 is 5.11 Å². The van der Waals surface area contributed by atoms with Crippen molar-refractivity contribution in [1.82, 2.24) is 10.3 Å². The Kier molecular flexibility index (Phi) is 4.16. The van der Waals surface area contributed by atoms with Gasteiger partial charge in [0.15, 0.2) is 0 Å². The van der Waals surface area contributed by atoms with Crippen LogP contribution in [-0.2, 0) is 5.60 Å². The number of nitrogens with zero attached hydrogens (tertiary/aromatic N) is 2. The Labute approximate surface area is 143 Å². The maximum absolute atomic E-state index is 11.8. The van der Waals surface area contributed by atoms with Gasteiger partial charge in [-0.15, -0.1) is 0 Å². The molecular weight excluding hydrogens is 298 g/mol. The van der Waals surface area contributed by atoms with E-state index < -0.39 is 5.60 Å². The average Bonchev–Trinajstić information content (AvgIpc) is 2.59. The first kappa shape index (κ1) is 16.6. The molecule has 0 bridgehead atoms. The molecule has 0 amide bonds. The number of pyridine rings is 1. The minimum atomic E-state index is -1.26. The fourth-order valence-corrected chi connectivity index (χ4v) is 3.48. The van der Waals surface area contributed by atoms with Gasteiger partial charge in [0, 0.05) is 30.3 Å². The smallest absolute Gasteiger partial charge is 0.146 e. The van der Waals surface area contributed by atoms with Crippen molar-refractivity contribution >= 4 is 0 Å². The van der Waals surface area contributed by atoms with Crippen LogP contribution in [0.4, 0.5) is 0 Å². The van der Waals surface area contributed by atoms with E-state index in [0.29, 0.717) is 24.6 Å². The third-order valence-electron chi connectivity index (χ3n) is 5.20. The van der Waals surface area contributed by atoms with Gasteiger partial charge in [-0.25, -0.2) is 4.98 Å². The van der Waals surface area contributed by atoms with E-state index in [1.54, 1.807) is 12.3 Å². The van der Waals surface area contributed by atoms with Crippen LogP contribution in [0.15, 0.2) is 42.6 Å². The Morgan fingerprint density at radius 1 is 1.25 bits per heavy atom. The fourth-order valence-electron chi connectivity index (χ4n) is 3.48. The second-order valence-corrected chi connectivity index (χ2v) is 7.16. The molecule has 1 aromatic heterocycles. The predicted molar refractivity (Wildman–Crippen MR) is 93.5 cm³/mol. The van der Waals surface area contributed by atoms with E-state index in [-0.39, 0.29) is 11.1 Å². The van der Waals surface area contributed by atoms with E-state index in [1.165, 1.54) is 5.56 Å². The third-order valence-corrected chi connectivity index (χ3v) is 5.20. The van der Waals surface area contributed by atoms with Crippen LogP contribution >= 0.6 is 0 Å². The van der Waals surface area contributed by atoms with Gasteiger partial charge in [0.2, 0.25) is 0 Å². The first-order chi connectivity index (χ1) is 11.4. The minimum absolute atomic E-state index is 0.279. The van der Waals surface area contributed by atoms with Crippen LogP contribution in [-0.4, -0.2) is 23.2 Å². The van der Waals surface area contributed by atoms with Gasteiger partial charge in [-0.05, 0) is 23.1 Å². The standard InChI is InChI=1S/C20H23N3O/c1-14(2)15-6-8-16(9-7-15)20(24,19(3)12-22-13-19)17-5-4-10-23-18(17)11-21/h4-10,14,22,24H,12-13H2,1-3H3. The Hall–Kier alpha value is -2.22. The van der Waals surface area contributed by atoms with Crippen molar-refractivity contribution in [2.45, 2.75) is 32.3 Å². The number of hydrogen-bond acceptors (Lipinski definition) is 4. The number of nitriles is 1. The number of nitrogens with one attached hydrogen (secondary N) is 1. The maximum Gasteiger partial charge on any atom is 0.146 e. The largest absolute Gasteiger partial charge is 0.380 e. The van der Waals surface area contributed by atoms with E-state index in [2.05, 4.69) is 42.4 Å². The van der Waals surface area contributed by atoms with Crippen molar-refractivity contribution in [3.8, 4) is 6.07 Å². The topological polar surface area (TPSA) is 68.9 Å². The van der Waals surface area contributed by atoms with E-state index in [1.807, 2.05) is 25.1 Å². The molecule has 4 heteroatoms. The lowest BCUT2D eigenvalue weighted by atomic mass is 9.62. The molecule has 1 atom stereocenters. The van der Waals surface area contributed by atoms with Gasteiger partial charge in [0.05, 0.1) is 0 Å². The maximum atomic E-state index is 11.8. The van der Waals surface area contributed by atoms with Crippen LogP contribution < -0.4 is 5.32 Å². The summed E-state index contributed by atoms with van der Waals surface area (Å²) in [7, 11) is 0. The average molecular weight is 321 g/mol. The monoisotopic (exact) mass is 321 g/mol. The molecule has 0 spiro atoms. The van der Waals surface area contributed by atoms with Gasteiger partial charge in [0.25, 0.3) is 0 Å². The lowest BCUT2D eigenvalue weighted by molar-refractivity contribution is -0.0771. The Balaban J connectivity index is 2.19. The van der Waals surface area contributed by atoms with Crippen LogP contribution in [0.2, 0.25) is 0 Å². The van der Waals surface area contributed by atoms with Crippen molar-refractivity contribution in [3.63, 3.8) is 0 Å². The SMILES string of the molecule is CC(C)c1ccc(C(O)(c2cccnc2C#N)C2(C)CNC2)cc1. The molecule has 1 aromatic carbocycles. The van der Waals surface area contributed by atoms with E-state index in [0.717, 1.165) is 5.56 Å². The van der Waals surface area contributed by atoms with Crippen LogP contribution in [0.5, 0.6) is 0 Å². The molecule has 1 aliphatic heterocycles. The molecule has 3 rings (SSSR count). The molecule has 2 heterocycles. The van der Waals surface area contributed by atoms with Crippen molar-refractivity contribution in [3.05, 3.63) is 65.0 Å². The highest BCUT2D eigenvalue weighted by atomic mass is 16.3. The molecule has 1 saturated heterocycles. The molecule has 1 fully saturated rings. The number of benzene rings is 1. The van der Waals surface area contributed by atoms with E-state index in [9.17, 15) is 10.4 Å². The van der Waals surface area contributed by atoms with Gasteiger partial charge in [0.1, 0.15) is 17.4 Å². The molecule has 24 heavy (non-hydrogen) atoms. The lowest BCUT2D eigenvalue weighted by Crippen LogP contribution is -2.63. The zero-order valence-corrected chi connectivity index (χ0v) is 14.4. The van der Waals surface area contributed by atoms with Crippen molar-refractivity contribution in [1.29, 1.82) is 5.26 Å². The van der Waals surface area contributed by atoms with Gasteiger partial charge < -0.3 is 10.4 Å². The Bertz CT molecular complexity index is 772. The third kappa shape index (κ3) is 2.41. The van der Waals surface area contributed by atoms with Crippen LogP contribution in [0, 0.1) is 16.7 Å². The summed E-state index contributed by atoms with van der Waals surface area (Å²) < 4.78 is 0. The molecule has 0 aliphatic carbocycles. The highest BCUT2D eigenvalue weighted by Crippen LogP contribution is 2.48. The molecule has 1 unspecified atom stereocenters. The fraction of sp³-hybridized carbons (Fsp3) is 0.400. The first-order valence-corrected chi connectivity index (χ1v) is 8.31. The summed E-state index contributed by atoms with van der Waals surface area (Å²) in [4.78, 5) is 4.16. The summed E-state index contributed by atoms with van der Waals surface area (Å²) in [6, 6.07) is 13.8. The van der Waals surface area contributed by atoms with Crippen molar-refractivity contribution in [2.75, 3.05) is 13.1 Å². The van der Waals surface area contributed by atoms with Gasteiger partial charge in [-0.2, -0.15) is 5.26 Å². The van der Waals surface area contributed by atoms with Crippen LogP contribution in [0.25, 0.3) is 0 Å².